The van der Waals surface area contributed by atoms with Crippen molar-refractivity contribution in [1.29, 1.82) is 0 Å². The molecule has 3 heteroatoms. The molecule has 1 aromatic rings. The Balaban J connectivity index is 1.47. The van der Waals surface area contributed by atoms with Crippen LogP contribution < -0.4 is 5.32 Å². The number of hydrogen-bond donors (Lipinski definition) is 1. The van der Waals surface area contributed by atoms with Crippen LogP contribution in [0.1, 0.15) is 37.7 Å². The van der Waals surface area contributed by atoms with Crippen molar-refractivity contribution in [2.24, 2.45) is 0 Å². The van der Waals surface area contributed by atoms with Crippen LogP contribution in [0.25, 0.3) is 0 Å². The van der Waals surface area contributed by atoms with E-state index in [0.29, 0.717) is 24.4 Å². The third-order valence-electron chi connectivity index (χ3n) is 4.55. The Morgan fingerprint density at radius 2 is 1.85 bits per heavy atom. The quantitative estimate of drug-likeness (QED) is 0.892. The molecule has 0 spiro atoms. The average molecular weight is 272 g/mol. The number of nitrogens with zero attached hydrogens (tertiary/aromatic N) is 1. The van der Waals surface area contributed by atoms with Crippen LogP contribution in [-0.2, 0) is 11.2 Å². The van der Waals surface area contributed by atoms with Gasteiger partial charge in [-0.05, 0) is 24.8 Å². The van der Waals surface area contributed by atoms with Crippen molar-refractivity contribution < 1.29 is 4.79 Å². The Kier molecular flexibility index (Phi) is 4.36. The van der Waals surface area contributed by atoms with Gasteiger partial charge in [-0.25, -0.2) is 0 Å². The molecule has 1 atom stereocenters. The zero-order valence-corrected chi connectivity index (χ0v) is 12.1. The van der Waals surface area contributed by atoms with E-state index in [1.807, 2.05) is 11.0 Å². The summed E-state index contributed by atoms with van der Waals surface area (Å²) < 4.78 is 0. The maximum Gasteiger partial charge on any atom is 0.224 e. The van der Waals surface area contributed by atoms with Crippen molar-refractivity contribution >= 4 is 5.91 Å². The molecule has 0 radical (unpaired) electrons. The van der Waals surface area contributed by atoms with E-state index in [9.17, 15) is 4.79 Å². The molecular formula is C17H24N2O. The third kappa shape index (κ3) is 3.40. The van der Waals surface area contributed by atoms with Crippen LogP contribution in [0.15, 0.2) is 30.3 Å². The Morgan fingerprint density at radius 1 is 1.10 bits per heavy atom. The van der Waals surface area contributed by atoms with E-state index in [4.69, 9.17) is 0 Å². The van der Waals surface area contributed by atoms with Gasteiger partial charge in [-0.15, -0.1) is 0 Å². The first-order valence-corrected chi connectivity index (χ1v) is 7.89. The lowest BCUT2D eigenvalue weighted by Gasteiger charge is -2.19. The summed E-state index contributed by atoms with van der Waals surface area (Å²) in [5, 5.41) is 3.67. The zero-order valence-electron chi connectivity index (χ0n) is 12.1. The first-order valence-electron chi connectivity index (χ1n) is 7.89. The molecule has 1 saturated heterocycles. The minimum atomic E-state index is 0.316. The molecule has 2 aliphatic rings. The van der Waals surface area contributed by atoms with E-state index in [-0.39, 0.29) is 0 Å². The molecule has 1 aliphatic heterocycles. The molecule has 1 heterocycles. The van der Waals surface area contributed by atoms with Gasteiger partial charge in [0.05, 0.1) is 0 Å². The van der Waals surface area contributed by atoms with Crippen LogP contribution in [0.2, 0.25) is 0 Å². The van der Waals surface area contributed by atoms with Gasteiger partial charge in [-0.2, -0.15) is 0 Å². The number of rotatable bonds is 5. The van der Waals surface area contributed by atoms with Gasteiger partial charge in [0.25, 0.3) is 0 Å². The number of hydrogen-bond acceptors (Lipinski definition) is 2. The van der Waals surface area contributed by atoms with Crippen molar-refractivity contribution in [2.45, 2.75) is 50.6 Å². The smallest absolute Gasteiger partial charge is 0.224 e. The van der Waals surface area contributed by atoms with E-state index >= 15 is 0 Å². The molecule has 0 unspecified atom stereocenters. The lowest BCUT2D eigenvalue weighted by Crippen LogP contribution is -2.39. The topological polar surface area (TPSA) is 32.3 Å². The Hall–Kier alpha value is -1.35. The number of amides is 1. The summed E-state index contributed by atoms with van der Waals surface area (Å²) in [5.41, 5.74) is 1.31. The van der Waals surface area contributed by atoms with Crippen molar-refractivity contribution in [3.05, 3.63) is 35.9 Å². The number of carbonyl (C=O) groups is 1. The number of nitrogens with one attached hydrogen (secondary N) is 1. The molecule has 108 valence electrons. The molecule has 1 amide bonds. The summed E-state index contributed by atoms with van der Waals surface area (Å²) >= 11 is 0. The predicted octanol–water partition coefficient (Wildman–Crippen LogP) is 2.36. The molecule has 0 bridgehead atoms. The summed E-state index contributed by atoms with van der Waals surface area (Å²) in [5.74, 6) is 0.316. The molecule has 0 aromatic heterocycles. The van der Waals surface area contributed by atoms with Gasteiger partial charge < -0.3 is 10.2 Å². The van der Waals surface area contributed by atoms with E-state index < -0.39 is 0 Å². The van der Waals surface area contributed by atoms with Crippen molar-refractivity contribution in [3.63, 3.8) is 0 Å². The molecule has 2 fully saturated rings. The fourth-order valence-electron chi connectivity index (χ4n) is 3.43. The van der Waals surface area contributed by atoms with Gasteiger partial charge >= 0.3 is 0 Å². The molecular weight excluding hydrogens is 248 g/mol. The van der Waals surface area contributed by atoms with Gasteiger partial charge in [-0.1, -0.05) is 43.2 Å². The SMILES string of the molecule is O=C1C[C@H](NC2CCCC2)CN1CCc1ccccc1. The molecule has 1 aliphatic carbocycles. The van der Waals surface area contributed by atoms with Crippen LogP contribution in [0, 0.1) is 0 Å². The predicted molar refractivity (Wildman–Crippen MR) is 80.5 cm³/mol. The van der Waals surface area contributed by atoms with E-state index in [0.717, 1.165) is 19.5 Å². The lowest BCUT2D eigenvalue weighted by molar-refractivity contribution is -0.127. The van der Waals surface area contributed by atoms with E-state index in [1.54, 1.807) is 0 Å². The van der Waals surface area contributed by atoms with Gasteiger partial charge in [-0.3, -0.25) is 4.79 Å². The Morgan fingerprint density at radius 3 is 2.60 bits per heavy atom. The highest BCUT2D eigenvalue weighted by Gasteiger charge is 2.31. The van der Waals surface area contributed by atoms with Gasteiger partial charge in [0, 0.05) is 31.6 Å². The van der Waals surface area contributed by atoms with Crippen molar-refractivity contribution in [3.8, 4) is 0 Å². The Bertz CT molecular complexity index is 440. The van der Waals surface area contributed by atoms with E-state index in [1.165, 1.54) is 31.2 Å². The molecule has 1 aromatic carbocycles. The zero-order chi connectivity index (χ0) is 13.8. The second kappa shape index (κ2) is 6.40. The van der Waals surface area contributed by atoms with Gasteiger partial charge in [0.1, 0.15) is 0 Å². The molecule has 3 nitrogen and oxygen atoms in total. The molecule has 1 saturated carbocycles. The first kappa shape index (κ1) is 13.6. The van der Waals surface area contributed by atoms with Crippen molar-refractivity contribution in [1.82, 2.24) is 10.2 Å². The Labute approximate surface area is 121 Å². The largest absolute Gasteiger partial charge is 0.341 e. The monoisotopic (exact) mass is 272 g/mol. The number of carbonyl (C=O) groups excluding carboxylic acids is 1. The van der Waals surface area contributed by atoms with Gasteiger partial charge in [0.2, 0.25) is 5.91 Å². The molecule has 20 heavy (non-hydrogen) atoms. The summed E-state index contributed by atoms with van der Waals surface area (Å²) in [6.07, 6.45) is 6.91. The standard InChI is InChI=1S/C17H24N2O/c20-17-12-16(18-15-8-4-5-9-15)13-19(17)11-10-14-6-2-1-3-7-14/h1-3,6-7,15-16,18H,4-5,8-13H2/t16-/m0/s1. The van der Waals surface area contributed by atoms with Crippen LogP contribution in [0.4, 0.5) is 0 Å². The minimum Gasteiger partial charge on any atom is -0.341 e. The summed E-state index contributed by atoms with van der Waals surface area (Å²) in [6.45, 7) is 1.74. The molecule has 3 rings (SSSR count). The first-order chi connectivity index (χ1) is 9.81. The summed E-state index contributed by atoms with van der Waals surface area (Å²) in [7, 11) is 0. The number of likely N-dealkylation sites (tertiary alicyclic amines) is 1. The highest BCUT2D eigenvalue weighted by Crippen LogP contribution is 2.20. The summed E-state index contributed by atoms with van der Waals surface area (Å²) in [6, 6.07) is 11.5. The second-order valence-electron chi connectivity index (χ2n) is 6.12. The van der Waals surface area contributed by atoms with Crippen LogP contribution in [0.3, 0.4) is 0 Å². The van der Waals surface area contributed by atoms with E-state index in [2.05, 4.69) is 29.6 Å². The fourth-order valence-corrected chi connectivity index (χ4v) is 3.43. The van der Waals surface area contributed by atoms with Crippen molar-refractivity contribution in [2.75, 3.05) is 13.1 Å². The minimum absolute atomic E-state index is 0.316. The maximum atomic E-state index is 12.1. The average Bonchev–Trinajstić information content (AvgIpc) is 3.08. The lowest BCUT2D eigenvalue weighted by atomic mass is 10.1. The highest BCUT2D eigenvalue weighted by atomic mass is 16.2. The fraction of sp³-hybridized carbons (Fsp3) is 0.588. The highest BCUT2D eigenvalue weighted by molar-refractivity contribution is 5.79. The summed E-state index contributed by atoms with van der Waals surface area (Å²) in [4.78, 5) is 14.1. The van der Waals surface area contributed by atoms with Crippen LogP contribution in [0.5, 0.6) is 0 Å². The number of benzene rings is 1. The maximum absolute atomic E-state index is 12.1. The normalized spacial score (nSPS) is 23.7. The second-order valence-corrected chi connectivity index (χ2v) is 6.12. The van der Waals surface area contributed by atoms with Crippen LogP contribution >= 0.6 is 0 Å². The molecule has 1 N–H and O–H groups in total. The third-order valence-corrected chi connectivity index (χ3v) is 4.55. The van der Waals surface area contributed by atoms with Gasteiger partial charge in [0.15, 0.2) is 0 Å². The van der Waals surface area contributed by atoms with Crippen LogP contribution in [-0.4, -0.2) is 36.0 Å².